The number of benzene rings is 10. The molecule has 2 heterocycles. The Balaban J connectivity index is 1.24. The van der Waals surface area contributed by atoms with E-state index in [2.05, 4.69) is 170 Å². The lowest BCUT2D eigenvalue weighted by atomic mass is 9.94. The van der Waals surface area contributed by atoms with Crippen LogP contribution in [0.2, 0.25) is 0 Å². The summed E-state index contributed by atoms with van der Waals surface area (Å²) < 4.78 is 47.9. The predicted molar refractivity (Wildman–Crippen MR) is 296 cm³/mol. The number of nitriles is 2. The maximum atomic E-state index is 14.6. The van der Waals surface area contributed by atoms with Gasteiger partial charge in [0.25, 0.3) is 0 Å². The van der Waals surface area contributed by atoms with E-state index < -0.39 is 11.7 Å². The van der Waals surface area contributed by atoms with Crippen LogP contribution in [0.1, 0.15) is 38.9 Å². The van der Waals surface area contributed by atoms with Gasteiger partial charge < -0.3 is 9.13 Å². The van der Waals surface area contributed by atoms with Gasteiger partial charge in [0.2, 0.25) is 0 Å². The van der Waals surface area contributed by atoms with Crippen LogP contribution in [0.5, 0.6) is 0 Å². The Kier molecular flexibility index (Phi) is 10.9. The van der Waals surface area contributed by atoms with Gasteiger partial charge in [0.1, 0.15) is 6.07 Å². The molecule has 0 aliphatic carbocycles. The van der Waals surface area contributed by atoms with Gasteiger partial charge in [-0.3, -0.25) is 0 Å². The second-order valence-electron chi connectivity index (χ2n) is 19.2. The highest BCUT2D eigenvalue weighted by Crippen LogP contribution is 2.45. The van der Waals surface area contributed by atoms with E-state index >= 15 is 0 Å². The van der Waals surface area contributed by atoms with Crippen molar-refractivity contribution < 1.29 is 13.2 Å². The number of hydrogen-bond donors (Lipinski definition) is 0. The summed E-state index contributed by atoms with van der Waals surface area (Å²) in [7, 11) is 0. The molecular formula is C67H45F3N4. The molecule has 0 radical (unpaired) electrons. The van der Waals surface area contributed by atoms with Gasteiger partial charge in [-0.1, -0.05) is 152 Å². The molecule has 0 aliphatic heterocycles. The molecule has 12 aromatic rings. The van der Waals surface area contributed by atoms with Crippen LogP contribution >= 0.6 is 0 Å². The predicted octanol–water partition coefficient (Wildman–Crippen LogP) is 18.2. The highest BCUT2D eigenvalue weighted by molar-refractivity contribution is 6.13. The SMILES string of the molecule is Cc1ccccc1-c1ccc2c3ccc(-c4ccccc4C)cc3n(-c3cc(-c4ccc(C(F)(F)F)cc4C#N)c(-n4c5cc(-c6ccccc6C)ccc5c5ccc(-c6ccccc6C)cc54)cc3C#N)c2c1. The fourth-order valence-electron chi connectivity index (χ4n) is 11.1. The Bertz CT molecular complexity index is 4180. The lowest BCUT2D eigenvalue weighted by Gasteiger charge is -2.20. The fraction of sp³-hybridized carbons (Fsp3) is 0.0746. The molecule has 2 aromatic heterocycles. The van der Waals surface area contributed by atoms with E-state index in [9.17, 15) is 23.7 Å². The van der Waals surface area contributed by atoms with E-state index in [1.54, 1.807) is 0 Å². The van der Waals surface area contributed by atoms with Crippen LogP contribution in [0, 0.1) is 50.4 Å². The number of rotatable bonds is 7. The highest BCUT2D eigenvalue weighted by Gasteiger charge is 2.32. The highest BCUT2D eigenvalue weighted by atomic mass is 19.4. The van der Waals surface area contributed by atoms with Crippen LogP contribution in [0.15, 0.2) is 200 Å². The van der Waals surface area contributed by atoms with Crippen LogP contribution in [-0.4, -0.2) is 9.13 Å². The second-order valence-corrected chi connectivity index (χ2v) is 19.2. The monoisotopic (exact) mass is 962 g/mol. The van der Waals surface area contributed by atoms with E-state index in [1.807, 2.05) is 60.7 Å². The third kappa shape index (κ3) is 7.52. The number of fused-ring (bicyclic) bond motifs is 6. The van der Waals surface area contributed by atoms with E-state index in [0.29, 0.717) is 28.1 Å². The number of alkyl halides is 3. The van der Waals surface area contributed by atoms with Gasteiger partial charge in [0, 0.05) is 32.7 Å². The molecular weight excluding hydrogens is 918 g/mol. The summed E-state index contributed by atoms with van der Waals surface area (Å²) in [5.74, 6) is 0. The topological polar surface area (TPSA) is 57.4 Å². The third-order valence-corrected chi connectivity index (χ3v) is 14.8. The van der Waals surface area contributed by atoms with Crippen LogP contribution in [0.4, 0.5) is 13.2 Å². The zero-order valence-corrected chi connectivity index (χ0v) is 41.0. The second kappa shape index (κ2) is 17.7. The number of aromatic nitrogens is 2. The summed E-state index contributed by atoms with van der Waals surface area (Å²) in [6.07, 6.45) is -4.69. The van der Waals surface area contributed by atoms with Crippen molar-refractivity contribution in [1.29, 1.82) is 10.5 Å². The van der Waals surface area contributed by atoms with E-state index in [4.69, 9.17) is 0 Å². The average Bonchev–Trinajstić information content (AvgIpc) is 3.91. The van der Waals surface area contributed by atoms with Gasteiger partial charge in [0.15, 0.2) is 0 Å². The molecule has 4 nitrogen and oxygen atoms in total. The maximum absolute atomic E-state index is 14.6. The zero-order chi connectivity index (χ0) is 51.0. The van der Waals surface area contributed by atoms with Gasteiger partial charge in [0.05, 0.1) is 56.2 Å². The van der Waals surface area contributed by atoms with Crippen molar-refractivity contribution >= 4 is 43.6 Å². The first kappa shape index (κ1) is 45.7. The molecule has 7 heteroatoms. The van der Waals surface area contributed by atoms with Crippen molar-refractivity contribution in [2.45, 2.75) is 33.9 Å². The lowest BCUT2D eigenvalue weighted by molar-refractivity contribution is -0.137. The molecule has 0 fully saturated rings. The summed E-state index contributed by atoms with van der Waals surface area (Å²) in [6, 6.07) is 70.4. The minimum atomic E-state index is -4.69. The number of aryl methyl sites for hydroxylation is 4. The Morgan fingerprint density at radius 3 is 1.03 bits per heavy atom. The molecule has 0 saturated heterocycles. The normalized spacial score (nSPS) is 11.7. The quantitative estimate of drug-likeness (QED) is 0.160. The van der Waals surface area contributed by atoms with Crippen LogP contribution in [-0.2, 0) is 6.18 Å². The van der Waals surface area contributed by atoms with E-state index in [-0.39, 0.29) is 5.56 Å². The first-order chi connectivity index (χ1) is 35.9. The number of halogens is 3. The first-order valence-electron chi connectivity index (χ1n) is 24.5. The Morgan fingerprint density at radius 2 is 0.689 bits per heavy atom. The maximum Gasteiger partial charge on any atom is 0.416 e. The van der Waals surface area contributed by atoms with Gasteiger partial charge in [-0.15, -0.1) is 0 Å². The first-order valence-corrected chi connectivity index (χ1v) is 24.5. The largest absolute Gasteiger partial charge is 0.416 e. The van der Waals surface area contributed by atoms with E-state index in [0.717, 1.165) is 123 Å². The van der Waals surface area contributed by atoms with Gasteiger partial charge in [-0.2, -0.15) is 23.7 Å². The van der Waals surface area contributed by atoms with Crippen molar-refractivity contribution in [3.8, 4) is 79.1 Å². The van der Waals surface area contributed by atoms with Gasteiger partial charge >= 0.3 is 6.18 Å². The Labute approximate surface area is 426 Å². The standard InChI is InChI=1S/C67H45F3N4/c1-40-13-5-9-17-51(40)44-21-26-56-57-27-22-45(52-18-10-6-14-41(52)2)33-63(57)73(62(56)32-44)61-37-60(55-30-25-50(67(68,69)70)31-48(55)38-71)66(36-49(61)39-72)74-64-34-46(53-19-11-7-15-42(53)3)23-28-58(64)59-29-24-47(35-65(59)74)54-20-12-8-16-43(54)4/h5-37H,1-4H3. The van der Waals surface area contributed by atoms with Crippen molar-refractivity contribution in [1.82, 2.24) is 9.13 Å². The van der Waals surface area contributed by atoms with Crippen molar-refractivity contribution in [3.05, 3.63) is 239 Å². The van der Waals surface area contributed by atoms with Crippen LogP contribution < -0.4 is 0 Å². The molecule has 0 atom stereocenters. The molecule has 74 heavy (non-hydrogen) atoms. The van der Waals surface area contributed by atoms with Gasteiger partial charge in [-0.05, 0) is 143 Å². The number of nitrogens with zero attached hydrogens (tertiary/aromatic N) is 4. The molecule has 354 valence electrons. The molecule has 0 N–H and O–H groups in total. The molecule has 10 aromatic carbocycles. The average molecular weight is 963 g/mol. The molecule has 0 bridgehead atoms. The summed E-state index contributed by atoms with van der Waals surface area (Å²) in [5.41, 5.74) is 17.0. The molecule has 0 unspecified atom stereocenters. The minimum absolute atomic E-state index is 0.149. The zero-order valence-electron chi connectivity index (χ0n) is 41.0. The van der Waals surface area contributed by atoms with Crippen LogP contribution in [0.25, 0.3) is 111 Å². The third-order valence-electron chi connectivity index (χ3n) is 14.8. The fourth-order valence-corrected chi connectivity index (χ4v) is 11.1. The van der Waals surface area contributed by atoms with Crippen LogP contribution in [0.3, 0.4) is 0 Å². The summed E-state index contributed by atoms with van der Waals surface area (Å²) in [4.78, 5) is 0. The Morgan fingerprint density at radius 1 is 0.338 bits per heavy atom. The minimum Gasteiger partial charge on any atom is -0.309 e. The smallest absolute Gasteiger partial charge is 0.309 e. The number of hydrogen-bond acceptors (Lipinski definition) is 2. The van der Waals surface area contributed by atoms with E-state index in [1.165, 1.54) is 6.07 Å². The Hall–Kier alpha value is -9.43. The summed E-state index contributed by atoms with van der Waals surface area (Å²) in [6.45, 7) is 8.33. The van der Waals surface area contributed by atoms with Crippen molar-refractivity contribution in [2.75, 3.05) is 0 Å². The molecule has 0 saturated carbocycles. The van der Waals surface area contributed by atoms with Crippen molar-refractivity contribution in [2.24, 2.45) is 0 Å². The molecule has 12 rings (SSSR count). The molecule has 0 aliphatic rings. The van der Waals surface area contributed by atoms with Gasteiger partial charge in [-0.25, -0.2) is 0 Å². The summed E-state index contributed by atoms with van der Waals surface area (Å²) in [5, 5.41) is 26.3. The molecule has 0 amide bonds. The van der Waals surface area contributed by atoms with Crippen molar-refractivity contribution in [3.63, 3.8) is 0 Å². The molecule has 0 spiro atoms. The summed E-state index contributed by atoms with van der Waals surface area (Å²) >= 11 is 0. The lowest BCUT2D eigenvalue weighted by Crippen LogP contribution is -2.07.